The van der Waals surface area contributed by atoms with Gasteiger partial charge in [-0.1, -0.05) is 11.6 Å². The van der Waals surface area contributed by atoms with Crippen molar-refractivity contribution < 1.29 is 9.90 Å². The molecule has 5 heteroatoms. The molecule has 0 aromatic carbocycles. The number of aromatic carboxylic acids is 1. The second kappa shape index (κ2) is 3.19. The second-order valence-corrected chi connectivity index (χ2v) is 2.99. The summed E-state index contributed by atoms with van der Waals surface area (Å²) in [7, 11) is 0. The van der Waals surface area contributed by atoms with Crippen molar-refractivity contribution >= 4 is 33.5 Å². The first-order valence-electron chi connectivity index (χ1n) is 2.64. The molecule has 0 saturated carbocycles. The Morgan fingerprint density at radius 3 is 2.73 bits per heavy atom. The maximum absolute atomic E-state index is 10.3. The summed E-state index contributed by atoms with van der Waals surface area (Å²) in [5, 5.41) is 10.4. The number of aromatic nitrogens is 1. The zero-order valence-electron chi connectivity index (χ0n) is 5.17. The number of pyridine rings is 1. The minimum absolute atomic E-state index is 0.132. The predicted octanol–water partition coefficient (Wildman–Crippen LogP) is 0.861. The molecule has 0 atom stereocenters. The summed E-state index contributed by atoms with van der Waals surface area (Å²) in [5.41, 5.74) is -0.183. The second-order valence-electron chi connectivity index (χ2n) is 1.75. The standard InChI is InChI=1S/C6H3BrClNO2/c7-3-1-2-4(8)9-5(3)6(10)11/h1-2H,(H,10,11)/p-1. The van der Waals surface area contributed by atoms with Crippen molar-refractivity contribution in [2.24, 2.45) is 0 Å². The van der Waals surface area contributed by atoms with Gasteiger partial charge in [-0.25, -0.2) is 4.98 Å². The number of carbonyl (C=O) groups excluding carboxylic acids is 1. The number of hydrogen-bond acceptors (Lipinski definition) is 3. The molecule has 3 nitrogen and oxygen atoms in total. The van der Waals surface area contributed by atoms with Crippen LogP contribution in [0.15, 0.2) is 16.6 Å². The molecule has 0 bridgehead atoms. The molecule has 0 spiro atoms. The quantitative estimate of drug-likeness (QED) is 0.679. The van der Waals surface area contributed by atoms with E-state index in [4.69, 9.17) is 11.6 Å². The van der Waals surface area contributed by atoms with Crippen molar-refractivity contribution in [3.63, 3.8) is 0 Å². The lowest BCUT2D eigenvalue weighted by molar-refractivity contribution is -0.255. The lowest BCUT2D eigenvalue weighted by Crippen LogP contribution is -2.24. The summed E-state index contributed by atoms with van der Waals surface area (Å²) in [6.45, 7) is 0. The van der Waals surface area contributed by atoms with Gasteiger partial charge in [-0.15, -0.1) is 0 Å². The molecule has 0 radical (unpaired) electrons. The smallest absolute Gasteiger partial charge is 0.129 e. The Balaban J connectivity index is 3.23. The molecule has 1 aromatic heterocycles. The minimum atomic E-state index is -1.35. The third-order valence-electron chi connectivity index (χ3n) is 1.01. The van der Waals surface area contributed by atoms with Crippen molar-refractivity contribution in [2.75, 3.05) is 0 Å². The van der Waals surface area contributed by atoms with E-state index in [1.165, 1.54) is 12.1 Å². The largest absolute Gasteiger partial charge is 0.543 e. The van der Waals surface area contributed by atoms with Gasteiger partial charge in [-0.3, -0.25) is 0 Å². The summed E-state index contributed by atoms with van der Waals surface area (Å²) in [5.74, 6) is -1.35. The molecule has 0 saturated heterocycles. The van der Waals surface area contributed by atoms with E-state index in [0.717, 1.165) is 0 Å². The van der Waals surface area contributed by atoms with Crippen LogP contribution in [-0.4, -0.2) is 11.0 Å². The molecule has 58 valence electrons. The first-order chi connectivity index (χ1) is 5.11. The molecule has 0 N–H and O–H groups in total. The SMILES string of the molecule is O=C([O-])c1nc(Cl)ccc1Br. The molecule has 0 aliphatic rings. The molecular weight excluding hydrogens is 233 g/mol. The highest BCUT2D eigenvalue weighted by Crippen LogP contribution is 2.16. The van der Waals surface area contributed by atoms with Crippen molar-refractivity contribution in [1.29, 1.82) is 0 Å². The van der Waals surface area contributed by atoms with E-state index in [2.05, 4.69) is 20.9 Å². The molecule has 0 aliphatic carbocycles. The van der Waals surface area contributed by atoms with Crippen LogP contribution in [0.25, 0.3) is 0 Å². The topological polar surface area (TPSA) is 53.0 Å². The normalized spacial score (nSPS) is 9.64. The summed E-state index contributed by atoms with van der Waals surface area (Å²) < 4.78 is 0.363. The number of carboxylic acids is 1. The Morgan fingerprint density at radius 1 is 1.64 bits per heavy atom. The maximum Gasteiger partial charge on any atom is 0.129 e. The number of rotatable bonds is 1. The van der Waals surface area contributed by atoms with Crippen LogP contribution in [0.5, 0.6) is 0 Å². The molecule has 0 aliphatic heterocycles. The lowest BCUT2D eigenvalue weighted by Gasteiger charge is -2.03. The summed E-state index contributed by atoms with van der Waals surface area (Å²) in [6.07, 6.45) is 0. The van der Waals surface area contributed by atoms with E-state index < -0.39 is 5.97 Å². The zero-order valence-corrected chi connectivity index (χ0v) is 7.52. The summed E-state index contributed by atoms with van der Waals surface area (Å²) >= 11 is 8.43. The van der Waals surface area contributed by atoms with E-state index >= 15 is 0 Å². The van der Waals surface area contributed by atoms with Gasteiger partial charge in [0.2, 0.25) is 0 Å². The Hall–Kier alpha value is -0.610. The fourth-order valence-electron chi connectivity index (χ4n) is 0.561. The van der Waals surface area contributed by atoms with E-state index in [1.807, 2.05) is 0 Å². The van der Waals surface area contributed by atoms with Crippen LogP contribution < -0.4 is 5.11 Å². The number of nitrogens with zero attached hydrogens (tertiary/aromatic N) is 1. The average molecular weight is 235 g/mol. The van der Waals surface area contributed by atoms with Gasteiger partial charge in [-0.2, -0.15) is 0 Å². The van der Waals surface area contributed by atoms with Crippen LogP contribution >= 0.6 is 27.5 Å². The van der Waals surface area contributed by atoms with Crippen molar-refractivity contribution in [1.82, 2.24) is 4.98 Å². The van der Waals surface area contributed by atoms with Gasteiger partial charge in [0.25, 0.3) is 0 Å². The van der Waals surface area contributed by atoms with Crippen molar-refractivity contribution in [3.8, 4) is 0 Å². The van der Waals surface area contributed by atoms with E-state index in [0.29, 0.717) is 4.47 Å². The number of halogens is 2. The van der Waals surface area contributed by atoms with Crippen LogP contribution in [-0.2, 0) is 0 Å². The minimum Gasteiger partial charge on any atom is -0.543 e. The zero-order chi connectivity index (χ0) is 8.43. The third-order valence-corrected chi connectivity index (χ3v) is 1.86. The number of carbonyl (C=O) groups is 1. The fraction of sp³-hybridized carbons (Fsp3) is 0. The van der Waals surface area contributed by atoms with E-state index in [-0.39, 0.29) is 10.8 Å². The first kappa shape index (κ1) is 8.49. The van der Waals surface area contributed by atoms with Gasteiger partial charge in [0.05, 0.1) is 5.97 Å². The number of carboxylic acid groups (broad SMARTS) is 1. The highest BCUT2D eigenvalue weighted by atomic mass is 79.9. The third kappa shape index (κ3) is 1.91. The van der Waals surface area contributed by atoms with E-state index in [1.54, 1.807) is 0 Å². The van der Waals surface area contributed by atoms with Gasteiger partial charge in [-0.05, 0) is 28.1 Å². The predicted molar refractivity (Wildman–Crippen MR) is 41.3 cm³/mol. The molecule has 11 heavy (non-hydrogen) atoms. The van der Waals surface area contributed by atoms with Gasteiger partial charge in [0, 0.05) is 4.47 Å². The number of hydrogen-bond donors (Lipinski definition) is 0. The van der Waals surface area contributed by atoms with Crippen molar-refractivity contribution in [3.05, 3.63) is 27.5 Å². The van der Waals surface area contributed by atoms with Crippen molar-refractivity contribution in [2.45, 2.75) is 0 Å². The summed E-state index contributed by atoms with van der Waals surface area (Å²) in [4.78, 5) is 13.8. The van der Waals surface area contributed by atoms with Gasteiger partial charge in [0.15, 0.2) is 0 Å². The van der Waals surface area contributed by atoms with E-state index in [9.17, 15) is 9.90 Å². The maximum atomic E-state index is 10.3. The monoisotopic (exact) mass is 234 g/mol. The van der Waals surface area contributed by atoms with Gasteiger partial charge >= 0.3 is 0 Å². The fourth-order valence-corrected chi connectivity index (χ4v) is 1.09. The molecule has 1 heterocycles. The average Bonchev–Trinajstić information content (AvgIpc) is 1.94. The Bertz CT molecular complexity index is 303. The molecule has 1 rings (SSSR count). The Morgan fingerprint density at radius 2 is 2.27 bits per heavy atom. The highest BCUT2D eigenvalue weighted by Gasteiger charge is 2.02. The summed E-state index contributed by atoms with van der Waals surface area (Å²) in [6, 6.07) is 2.98. The molecule has 0 fully saturated rings. The van der Waals surface area contributed by atoms with Gasteiger partial charge < -0.3 is 9.90 Å². The molecule has 0 amide bonds. The first-order valence-corrected chi connectivity index (χ1v) is 3.82. The van der Waals surface area contributed by atoms with Crippen LogP contribution in [0, 0.1) is 0 Å². The van der Waals surface area contributed by atoms with Crippen LogP contribution in [0.3, 0.4) is 0 Å². The molecular formula is C6H2BrClNO2-. The Labute approximate surface area is 76.1 Å². The lowest BCUT2D eigenvalue weighted by atomic mass is 10.4. The van der Waals surface area contributed by atoms with Crippen LogP contribution in [0.1, 0.15) is 10.5 Å². The van der Waals surface area contributed by atoms with Gasteiger partial charge in [0.1, 0.15) is 10.8 Å². The highest BCUT2D eigenvalue weighted by molar-refractivity contribution is 9.10. The molecule has 0 unspecified atom stereocenters. The Kier molecular flexibility index (Phi) is 2.46. The molecule has 1 aromatic rings. The van der Waals surface area contributed by atoms with Crippen LogP contribution in [0.2, 0.25) is 5.15 Å². The van der Waals surface area contributed by atoms with Crippen LogP contribution in [0.4, 0.5) is 0 Å².